The normalized spacial score (nSPS) is 11.6. The first-order valence-corrected chi connectivity index (χ1v) is 20.4. The molecule has 0 bridgehead atoms. The summed E-state index contributed by atoms with van der Waals surface area (Å²) in [4.78, 5) is 0. The van der Waals surface area contributed by atoms with Crippen LogP contribution in [-0.2, 0) is 0 Å². The third kappa shape index (κ3) is 4.85. The zero-order valence-electron chi connectivity index (χ0n) is 29.8. The second-order valence-electron chi connectivity index (χ2n) is 14.2. The molecule has 254 valence electrons. The summed E-state index contributed by atoms with van der Waals surface area (Å²) in [5.74, 6) is 0. The summed E-state index contributed by atoms with van der Waals surface area (Å²) in [5.41, 5.74) is 10.4. The van der Waals surface area contributed by atoms with Gasteiger partial charge in [-0.05, 0) is 0 Å². The summed E-state index contributed by atoms with van der Waals surface area (Å²) >= 11 is 0.0921. The molecule has 0 spiro atoms. The van der Waals surface area contributed by atoms with Crippen LogP contribution in [0.2, 0.25) is 0 Å². The van der Waals surface area contributed by atoms with Gasteiger partial charge >= 0.3 is 326 Å². The van der Waals surface area contributed by atoms with E-state index in [1.54, 1.807) is 0 Å². The molecule has 0 saturated carbocycles. The van der Waals surface area contributed by atoms with Crippen molar-refractivity contribution in [3.63, 3.8) is 0 Å². The van der Waals surface area contributed by atoms with E-state index >= 15 is 0 Å². The van der Waals surface area contributed by atoms with E-state index in [-0.39, 0.29) is 14.5 Å². The van der Waals surface area contributed by atoms with Gasteiger partial charge in [0, 0.05) is 0 Å². The van der Waals surface area contributed by atoms with Crippen molar-refractivity contribution in [2.75, 3.05) is 0 Å². The first kappa shape index (κ1) is 31.7. The van der Waals surface area contributed by atoms with E-state index in [1.165, 1.54) is 85.0 Å². The molecular weight excluding hydrogens is 730 g/mol. The molecule has 0 fully saturated rings. The Hall–Kier alpha value is -6.75. The van der Waals surface area contributed by atoms with E-state index in [1.807, 2.05) is 18.2 Å². The van der Waals surface area contributed by atoms with Gasteiger partial charge in [-0.25, -0.2) is 0 Å². The van der Waals surface area contributed by atoms with Crippen molar-refractivity contribution in [3.8, 4) is 50.6 Å². The van der Waals surface area contributed by atoms with Crippen molar-refractivity contribution in [2.45, 2.75) is 0 Å². The molecule has 10 aromatic carbocycles. The van der Waals surface area contributed by atoms with Gasteiger partial charge in [0.2, 0.25) is 0 Å². The van der Waals surface area contributed by atoms with Gasteiger partial charge in [0.25, 0.3) is 0 Å². The topological polar surface area (TPSA) is 23.8 Å². The maximum absolute atomic E-state index is 10.1. The number of rotatable bonds is 4. The van der Waals surface area contributed by atoms with Crippen molar-refractivity contribution in [1.82, 2.24) is 0 Å². The fourth-order valence-corrected chi connectivity index (χ4v) is 11.7. The quantitative estimate of drug-likeness (QED) is 0.129. The monoisotopic (exact) mass is 761 g/mol. The van der Waals surface area contributed by atoms with E-state index in [0.29, 0.717) is 5.56 Å². The van der Waals surface area contributed by atoms with Crippen LogP contribution in [0.3, 0.4) is 0 Å². The Labute approximate surface area is 324 Å². The Morgan fingerprint density at radius 3 is 1.33 bits per heavy atom. The number of benzene rings is 10. The van der Waals surface area contributed by atoms with Crippen LogP contribution in [0.5, 0.6) is 0 Å². The molecule has 0 aliphatic rings. The van der Waals surface area contributed by atoms with Gasteiger partial charge in [-0.15, -0.1) is 0 Å². The van der Waals surface area contributed by atoms with E-state index < -0.39 is 0 Å². The summed E-state index contributed by atoms with van der Waals surface area (Å²) in [5, 5.41) is 22.7. The summed E-state index contributed by atoms with van der Waals surface area (Å²) in [6.07, 6.45) is 0. The molecule has 1 heterocycles. The second-order valence-corrected chi connectivity index (χ2v) is 16.4. The Bertz CT molecular complexity index is 3270. The van der Waals surface area contributed by atoms with Gasteiger partial charge in [-0.2, -0.15) is 0 Å². The summed E-state index contributed by atoms with van der Waals surface area (Å²) in [7, 11) is 0. The molecule has 2 heteroatoms. The predicted molar refractivity (Wildman–Crippen MR) is 235 cm³/mol. The Morgan fingerprint density at radius 1 is 0.327 bits per heavy atom. The van der Waals surface area contributed by atoms with Crippen molar-refractivity contribution in [3.05, 3.63) is 194 Å². The number of fused-ring (bicyclic) bond motifs is 7. The van der Waals surface area contributed by atoms with Crippen molar-refractivity contribution >= 4 is 76.9 Å². The minimum atomic E-state index is 0.0921. The molecule has 11 aromatic rings. The molecule has 55 heavy (non-hydrogen) atoms. The van der Waals surface area contributed by atoms with Crippen LogP contribution in [0.1, 0.15) is 5.56 Å². The van der Waals surface area contributed by atoms with Gasteiger partial charge in [-0.1, -0.05) is 0 Å². The average Bonchev–Trinajstić information content (AvgIpc) is 3.63. The van der Waals surface area contributed by atoms with Crippen LogP contribution < -0.4 is 0 Å². The van der Waals surface area contributed by atoms with Gasteiger partial charge in [0.05, 0.1) is 0 Å². The van der Waals surface area contributed by atoms with Gasteiger partial charge in [-0.3, -0.25) is 0 Å². The minimum absolute atomic E-state index is 0.0921. The zero-order valence-corrected chi connectivity index (χ0v) is 31.5. The van der Waals surface area contributed by atoms with Crippen LogP contribution in [0.15, 0.2) is 188 Å². The van der Waals surface area contributed by atoms with E-state index in [9.17, 15) is 5.26 Å². The molecule has 0 atom stereocenters. The molecule has 0 amide bonds. The number of nitriles is 1. The summed E-state index contributed by atoms with van der Waals surface area (Å²) in [6, 6.07) is 70.7. The molecule has 0 unspecified atom stereocenters. The molecule has 0 N–H and O–H groups in total. The third-order valence-electron chi connectivity index (χ3n) is 11.3. The van der Waals surface area contributed by atoms with Crippen LogP contribution in [0.4, 0.5) is 0 Å². The van der Waals surface area contributed by atoms with Crippen LogP contribution >= 0.6 is 0 Å². The predicted octanol–water partition coefficient (Wildman–Crippen LogP) is 14.2. The molecule has 1 aromatic heterocycles. The molecule has 0 aliphatic heterocycles. The van der Waals surface area contributed by atoms with Crippen LogP contribution in [-0.4, -0.2) is 14.5 Å². The fourth-order valence-electron chi connectivity index (χ4n) is 9.01. The first-order chi connectivity index (χ1) is 27.3. The molecule has 0 radical (unpaired) electrons. The Kier molecular flexibility index (Phi) is 7.32. The van der Waals surface area contributed by atoms with Gasteiger partial charge < -0.3 is 0 Å². The maximum atomic E-state index is 10.1. The summed E-state index contributed by atoms with van der Waals surface area (Å²) in [6.45, 7) is 0. The number of nitrogens with zero attached hydrogens (tertiary/aromatic N) is 1. The van der Waals surface area contributed by atoms with E-state index in [0.717, 1.165) is 21.9 Å². The molecular formula is C53H31NSe. The average molecular weight is 761 g/mol. The first-order valence-electron chi connectivity index (χ1n) is 18.7. The third-order valence-corrected chi connectivity index (χ3v) is 13.8. The van der Waals surface area contributed by atoms with Crippen molar-refractivity contribution in [2.24, 2.45) is 0 Å². The van der Waals surface area contributed by atoms with E-state index in [4.69, 9.17) is 0 Å². The Morgan fingerprint density at radius 2 is 0.764 bits per heavy atom. The Balaban J connectivity index is 1.17. The van der Waals surface area contributed by atoms with E-state index in [2.05, 4.69) is 176 Å². The SMILES string of the molecule is N#Cc1ccccc1-c1c2ccccc2c(-c2ccc3c(c2)[se]c2c(-c4c5ccccc5c(-c5ccccc5)c5ccccc45)cccc23)c2ccccc12. The van der Waals surface area contributed by atoms with Crippen molar-refractivity contribution < 1.29 is 0 Å². The van der Waals surface area contributed by atoms with Crippen molar-refractivity contribution in [1.29, 1.82) is 5.26 Å². The van der Waals surface area contributed by atoms with Crippen LogP contribution in [0, 0.1) is 11.3 Å². The van der Waals surface area contributed by atoms with Gasteiger partial charge in [0.1, 0.15) is 0 Å². The standard InChI is InChI=1S/C53H31NSe/c54-32-35-17-4-5-18-36(35)51-42-23-10-8-21-40(42)50(41-22-9-11-24-43(41)51)34-29-30-37-46-27-14-28-47(53(46)55-48(37)31-34)52-44-25-12-6-19-38(44)49(33-15-2-1-3-16-33)39-20-7-13-26-45(39)52/h1-31H. The summed E-state index contributed by atoms with van der Waals surface area (Å²) < 4.78 is 2.86. The molecule has 0 saturated heterocycles. The second kappa shape index (κ2) is 12.7. The number of hydrogen-bond donors (Lipinski definition) is 0. The molecule has 0 aliphatic carbocycles. The molecule has 1 nitrogen and oxygen atoms in total. The van der Waals surface area contributed by atoms with Crippen LogP contribution in [0.25, 0.3) is 107 Å². The molecule has 11 rings (SSSR count). The fraction of sp³-hybridized carbons (Fsp3) is 0. The zero-order chi connectivity index (χ0) is 36.5. The van der Waals surface area contributed by atoms with Gasteiger partial charge in [0.15, 0.2) is 0 Å². The number of hydrogen-bond acceptors (Lipinski definition) is 1.